The first-order valence-electron chi connectivity index (χ1n) is 11.2. The van der Waals surface area contributed by atoms with Crippen molar-refractivity contribution >= 4 is 58.1 Å². The molecule has 0 bridgehead atoms. The number of pyridine rings is 1. The first kappa shape index (κ1) is 26.0. The molecule has 0 fully saturated rings. The van der Waals surface area contributed by atoms with Gasteiger partial charge in [0.25, 0.3) is 0 Å². The molecule has 0 atom stereocenters. The summed E-state index contributed by atoms with van der Waals surface area (Å²) in [5, 5.41) is 11.6. The van der Waals surface area contributed by atoms with Crippen LogP contribution < -0.4 is 16.4 Å². The Morgan fingerprint density at radius 1 is 1.05 bits per heavy atom. The van der Waals surface area contributed by atoms with Crippen LogP contribution in [0.15, 0.2) is 42.6 Å². The summed E-state index contributed by atoms with van der Waals surface area (Å²) in [4.78, 5) is 32.9. The Kier molecular flexibility index (Phi) is 7.95. The zero-order valence-corrected chi connectivity index (χ0v) is 21.4. The van der Waals surface area contributed by atoms with Gasteiger partial charge in [0.05, 0.1) is 30.6 Å². The Hall–Kier alpha value is -4.09. The van der Waals surface area contributed by atoms with Gasteiger partial charge in [0.2, 0.25) is 0 Å². The topological polar surface area (TPSA) is 146 Å². The molecule has 0 aliphatic carbocycles. The number of nitrogens with one attached hydrogen (secondary N) is 2. The van der Waals surface area contributed by atoms with E-state index >= 15 is 0 Å². The molecule has 4 rings (SSSR count). The highest BCUT2D eigenvalue weighted by atomic mass is 35.5. The molecule has 0 radical (unpaired) electrons. The van der Waals surface area contributed by atoms with Gasteiger partial charge in [-0.2, -0.15) is 5.10 Å². The smallest absolute Gasteiger partial charge is 0.358 e. The summed E-state index contributed by atoms with van der Waals surface area (Å²) in [6.07, 6.45) is 1.67. The van der Waals surface area contributed by atoms with Gasteiger partial charge in [-0.05, 0) is 37.3 Å². The van der Waals surface area contributed by atoms with E-state index in [1.807, 2.05) is 0 Å². The minimum atomic E-state index is -0.558. The number of ether oxygens (including phenoxy) is 2. The maximum absolute atomic E-state index is 12.3. The number of aromatic nitrogens is 4. The second kappa shape index (κ2) is 11.3. The molecule has 192 valence electrons. The first-order valence-corrected chi connectivity index (χ1v) is 11.9. The maximum atomic E-state index is 12.3. The number of rotatable bonds is 9. The van der Waals surface area contributed by atoms with Crippen LogP contribution >= 0.6 is 23.2 Å². The molecule has 13 heteroatoms. The van der Waals surface area contributed by atoms with Gasteiger partial charge in [-0.3, -0.25) is 0 Å². The van der Waals surface area contributed by atoms with E-state index in [2.05, 4.69) is 25.5 Å². The molecule has 11 nitrogen and oxygen atoms in total. The van der Waals surface area contributed by atoms with Crippen LogP contribution in [0.4, 0.5) is 17.5 Å². The number of nitrogens with zero attached hydrogens (tertiary/aromatic N) is 4. The largest absolute Gasteiger partial charge is 0.465 e. The minimum Gasteiger partial charge on any atom is -0.465 e. The van der Waals surface area contributed by atoms with Crippen LogP contribution in [0.1, 0.15) is 27.8 Å². The van der Waals surface area contributed by atoms with Gasteiger partial charge < -0.3 is 25.8 Å². The number of fused-ring (bicyclic) bond motifs is 1. The Balaban J connectivity index is 1.57. The lowest BCUT2D eigenvalue weighted by molar-refractivity contribution is 0.0518. The molecule has 3 aromatic heterocycles. The molecule has 37 heavy (non-hydrogen) atoms. The molecule has 0 unspecified atom stereocenters. The molecule has 0 aliphatic heterocycles. The van der Waals surface area contributed by atoms with Crippen molar-refractivity contribution in [2.24, 2.45) is 0 Å². The molecule has 0 aliphatic rings. The molecule has 4 N–H and O–H groups in total. The van der Waals surface area contributed by atoms with Crippen molar-refractivity contribution in [1.82, 2.24) is 19.6 Å². The van der Waals surface area contributed by atoms with Gasteiger partial charge in [0.15, 0.2) is 11.5 Å². The van der Waals surface area contributed by atoms with Gasteiger partial charge in [0.1, 0.15) is 22.7 Å². The van der Waals surface area contributed by atoms with E-state index in [1.54, 1.807) is 48.0 Å². The lowest BCUT2D eigenvalue weighted by Crippen LogP contribution is -2.16. The average molecular weight is 544 g/mol. The predicted octanol–water partition coefficient (Wildman–Crippen LogP) is 4.17. The van der Waals surface area contributed by atoms with E-state index in [1.165, 1.54) is 13.2 Å². The monoisotopic (exact) mass is 543 g/mol. The van der Waals surface area contributed by atoms with Crippen LogP contribution in [0, 0.1) is 0 Å². The summed E-state index contributed by atoms with van der Waals surface area (Å²) in [6, 6.07) is 9.86. The summed E-state index contributed by atoms with van der Waals surface area (Å²) < 4.78 is 11.3. The lowest BCUT2D eigenvalue weighted by atomic mass is 10.1. The summed E-state index contributed by atoms with van der Waals surface area (Å²) >= 11 is 12.5. The summed E-state index contributed by atoms with van der Waals surface area (Å²) in [7, 11) is 1.27. The number of nitrogens with two attached hydrogens (primary N) is 1. The second-order valence-corrected chi connectivity index (χ2v) is 8.50. The number of anilines is 3. The van der Waals surface area contributed by atoms with Crippen LogP contribution in [0.2, 0.25) is 10.0 Å². The molecular formula is C24H23Cl2N7O4. The van der Waals surface area contributed by atoms with E-state index in [4.69, 9.17) is 38.7 Å². The number of halogens is 2. The van der Waals surface area contributed by atoms with E-state index in [0.717, 1.165) is 0 Å². The predicted molar refractivity (Wildman–Crippen MR) is 141 cm³/mol. The fourth-order valence-corrected chi connectivity index (χ4v) is 3.99. The highest BCUT2D eigenvalue weighted by Crippen LogP contribution is 2.31. The van der Waals surface area contributed by atoms with Crippen molar-refractivity contribution in [3.63, 3.8) is 0 Å². The number of methoxy groups -OCH3 is 1. The van der Waals surface area contributed by atoms with Gasteiger partial charge in [-0.25, -0.2) is 24.1 Å². The first-order chi connectivity index (χ1) is 17.8. The number of benzene rings is 1. The zero-order chi connectivity index (χ0) is 26.5. The van der Waals surface area contributed by atoms with Crippen molar-refractivity contribution in [1.29, 1.82) is 0 Å². The van der Waals surface area contributed by atoms with Gasteiger partial charge in [-0.15, -0.1) is 0 Å². The molecule has 0 amide bonds. The number of nitrogen functional groups attached to an aromatic ring is 1. The highest BCUT2D eigenvalue weighted by Gasteiger charge is 2.17. The van der Waals surface area contributed by atoms with Crippen LogP contribution in [-0.2, 0) is 9.47 Å². The number of carbonyl (C=O) groups is 2. The fourth-order valence-electron chi connectivity index (χ4n) is 3.48. The standard InChI is InChI=1S/C24H23Cl2N7O4/c1-3-37-24(35)17-11-19-22(29-9-8-28-20-7-6-15(21(27)31-20)23(34)36-2)30-18(12-33(19)32-17)14-5-4-13(25)10-16(14)26/h4-7,10-12H,3,8-9H2,1-2H3,(H,29,30)(H3,27,28,31). The molecule has 1 aromatic carbocycles. The normalized spacial score (nSPS) is 10.8. The third kappa shape index (κ3) is 5.84. The quantitative estimate of drug-likeness (QED) is 0.207. The van der Waals surface area contributed by atoms with Crippen molar-refractivity contribution < 1.29 is 19.1 Å². The van der Waals surface area contributed by atoms with Crippen LogP contribution in [0.5, 0.6) is 0 Å². The van der Waals surface area contributed by atoms with Crippen LogP contribution in [-0.4, -0.2) is 58.3 Å². The highest BCUT2D eigenvalue weighted by molar-refractivity contribution is 6.36. The van der Waals surface area contributed by atoms with Crippen LogP contribution in [0.3, 0.4) is 0 Å². The molecule has 3 heterocycles. The van der Waals surface area contributed by atoms with E-state index < -0.39 is 11.9 Å². The van der Waals surface area contributed by atoms with Crippen molar-refractivity contribution in [2.45, 2.75) is 6.92 Å². The summed E-state index contributed by atoms with van der Waals surface area (Å²) in [6.45, 7) is 2.80. The number of hydrogen-bond acceptors (Lipinski definition) is 10. The fraction of sp³-hybridized carbons (Fsp3) is 0.208. The van der Waals surface area contributed by atoms with Crippen LogP contribution in [0.25, 0.3) is 16.8 Å². The number of hydrogen-bond donors (Lipinski definition) is 3. The molecule has 4 aromatic rings. The van der Waals surface area contributed by atoms with Crippen molar-refractivity contribution in [2.75, 3.05) is 43.2 Å². The van der Waals surface area contributed by atoms with E-state index in [0.29, 0.717) is 51.5 Å². The zero-order valence-electron chi connectivity index (χ0n) is 19.9. The van der Waals surface area contributed by atoms with E-state index in [9.17, 15) is 9.59 Å². The summed E-state index contributed by atoms with van der Waals surface area (Å²) in [5.41, 5.74) is 7.93. The van der Waals surface area contributed by atoms with Crippen molar-refractivity contribution in [3.8, 4) is 11.3 Å². The molecule has 0 saturated heterocycles. The van der Waals surface area contributed by atoms with Gasteiger partial charge >= 0.3 is 11.9 Å². The molecule has 0 spiro atoms. The van der Waals surface area contributed by atoms with E-state index in [-0.39, 0.29) is 23.7 Å². The molecular weight excluding hydrogens is 521 g/mol. The number of carbonyl (C=O) groups excluding carboxylic acids is 2. The Morgan fingerprint density at radius 2 is 1.84 bits per heavy atom. The number of esters is 2. The maximum Gasteiger partial charge on any atom is 0.358 e. The second-order valence-electron chi connectivity index (χ2n) is 7.65. The Labute approximate surface area is 221 Å². The van der Waals surface area contributed by atoms with Crippen molar-refractivity contribution in [3.05, 3.63) is 63.9 Å². The molecule has 0 saturated carbocycles. The Morgan fingerprint density at radius 3 is 2.54 bits per heavy atom. The third-order valence-corrected chi connectivity index (χ3v) is 5.75. The SMILES string of the molecule is CCOC(=O)c1cc2c(NCCNc3ccc(C(=O)OC)c(N)n3)nc(-c3ccc(Cl)cc3Cl)cn2n1. The Bertz CT molecular complexity index is 1480. The third-order valence-electron chi connectivity index (χ3n) is 5.20. The summed E-state index contributed by atoms with van der Waals surface area (Å²) in [5.74, 6) is -0.0741. The van der Waals surface area contributed by atoms with Gasteiger partial charge in [0, 0.05) is 29.7 Å². The van der Waals surface area contributed by atoms with Gasteiger partial charge in [-0.1, -0.05) is 23.2 Å². The lowest BCUT2D eigenvalue weighted by Gasteiger charge is -2.12. The minimum absolute atomic E-state index is 0.0616. The average Bonchev–Trinajstić information content (AvgIpc) is 3.31.